The van der Waals surface area contributed by atoms with Crippen molar-refractivity contribution in [3.63, 3.8) is 0 Å². The number of nitro benzene ring substituents is 1. The number of halogens is 2. The van der Waals surface area contributed by atoms with Gasteiger partial charge in [-0.15, -0.1) is 12.4 Å². The number of carbonyl (C=O) groups is 1. The summed E-state index contributed by atoms with van der Waals surface area (Å²) in [5, 5.41) is 14.9. The Morgan fingerprint density at radius 1 is 1.26 bits per heavy atom. The van der Waals surface area contributed by atoms with E-state index in [2.05, 4.69) is 5.32 Å². The first-order valence-electron chi connectivity index (χ1n) is 8.18. The Morgan fingerprint density at radius 3 is 2.70 bits per heavy atom. The van der Waals surface area contributed by atoms with E-state index >= 15 is 0 Å². The summed E-state index contributed by atoms with van der Waals surface area (Å²) in [4.78, 5) is 24.9. The fourth-order valence-corrected chi connectivity index (χ4v) is 3.24. The molecule has 144 valence electrons. The van der Waals surface area contributed by atoms with Crippen molar-refractivity contribution in [3.8, 4) is 5.75 Å². The number of amides is 1. The number of rotatable bonds is 5. The summed E-state index contributed by atoms with van der Waals surface area (Å²) in [6.45, 7) is 1.49. The minimum atomic E-state index is -0.531. The zero-order chi connectivity index (χ0) is 18.5. The number of hydrogen-bond acceptors (Lipinski definition) is 5. The molecule has 0 radical (unpaired) electrons. The molecule has 1 aliphatic rings. The zero-order valence-electron chi connectivity index (χ0n) is 14.3. The van der Waals surface area contributed by atoms with Crippen molar-refractivity contribution in [3.05, 3.63) is 69.2 Å². The molecule has 1 saturated heterocycles. The molecular formula is C18H19Cl2N3O4. The van der Waals surface area contributed by atoms with Gasteiger partial charge in [0.05, 0.1) is 11.0 Å². The molecular weight excluding hydrogens is 393 g/mol. The third-order valence-electron chi connectivity index (χ3n) is 4.24. The monoisotopic (exact) mass is 411 g/mol. The van der Waals surface area contributed by atoms with E-state index in [1.54, 1.807) is 23.1 Å². The van der Waals surface area contributed by atoms with E-state index in [0.717, 1.165) is 5.56 Å². The maximum Gasteiger partial charge on any atom is 0.310 e. The lowest BCUT2D eigenvalue weighted by Crippen LogP contribution is -2.50. The molecule has 9 heteroatoms. The first kappa shape index (κ1) is 21.0. The number of carbonyl (C=O) groups excluding carboxylic acids is 1. The van der Waals surface area contributed by atoms with E-state index < -0.39 is 4.92 Å². The van der Waals surface area contributed by atoms with E-state index in [1.165, 1.54) is 12.1 Å². The van der Waals surface area contributed by atoms with Gasteiger partial charge in [0.15, 0.2) is 12.4 Å². The molecule has 1 atom stereocenters. The van der Waals surface area contributed by atoms with Crippen LogP contribution in [0.4, 0.5) is 5.69 Å². The topological polar surface area (TPSA) is 84.7 Å². The molecule has 0 spiro atoms. The predicted octanol–water partition coefficient (Wildman–Crippen LogP) is 3.22. The third kappa shape index (κ3) is 4.88. The molecule has 1 N–H and O–H groups in total. The summed E-state index contributed by atoms with van der Waals surface area (Å²) >= 11 is 6.28. The third-order valence-corrected chi connectivity index (χ3v) is 4.59. The molecule has 3 rings (SSSR count). The Morgan fingerprint density at radius 2 is 1.96 bits per heavy atom. The molecule has 1 fully saturated rings. The largest absolute Gasteiger partial charge is 0.477 e. The Balaban J connectivity index is 0.00000261. The molecule has 0 bridgehead atoms. The van der Waals surface area contributed by atoms with Crippen LogP contribution in [0.3, 0.4) is 0 Å². The van der Waals surface area contributed by atoms with Gasteiger partial charge >= 0.3 is 5.69 Å². The highest BCUT2D eigenvalue weighted by Gasteiger charge is 2.29. The number of benzene rings is 2. The van der Waals surface area contributed by atoms with E-state index in [4.69, 9.17) is 16.3 Å². The second-order valence-electron chi connectivity index (χ2n) is 5.84. The molecule has 1 amide bonds. The van der Waals surface area contributed by atoms with Gasteiger partial charge in [0.2, 0.25) is 0 Å². The van der Waals surface area contributed by atoms with Gasteiger partial charge in [0, 0.05) is 30.7 Å². The second kappa shape index (κ2) is 9.55. The van der Waals surface area contributed by atoms with Crippen LogP contribution in [-0.4, -0.2) is 42.0 Å². The van der Waals surface area contributed by atoms with Crippen molar-refractivity contribution in [2.45, 2.75) is 6.04 Å². The quantitative estimate of drug-likeness (QED) is 0.602. The lowest BCUT2D eigenvalue weighted by molar-refractivity contribution is -0.385. The molecule has 0 saturated carbocycles. The van der Waals surface area contributed by atoms with Crippen LogP contribution in [0.25, 0.3) is 0 Å². The van der Waals surface area contributed by atoms with E-state index in [0.29, 0.717) is 24.7 Å². The van der Waals surface area contributed by atoms with Crippen LogP contribution < -0.4 is 10.1 Å². The highest BCUT2D eigenvalue weighted by molar-refractivity contribution is 6.31. The van der Waals surface area contributed by atoms with Crippen LogP contribution in [0.2, 0.25) is 5.02 Å². The van der Waals surface area contributed by atoms with Gasteiger partial charge < -0.3 is 15.0 Å². The van der Waals surface area contributed by atoms with Crippen LogP contribution in [0.15, 0.2) is 48.5 Å². The summed E-state index contributed by atoms with van der Waals surface area (Å²) in [6.07, 6.45) is 0. The molecule has 0 aromatic heterocycles. The predicted molar refractivity (Wildman–Crippen MR) is 105 cm³/mol. The van der Waals surface area contributed by atoms with Gasteiger partial charge in [-0.05, 0) is 17.7 Å². The Labute approximate surface area is 167 Å². The summed E-state index contributed by atoms with van der Waals surface area (Å²) in [5.41, 5.74) is 0.698. The minimum absolute atomic E-state index is 0. The van der Waals surface area contributed by atoms with Crippen LogP contribution in [0, 0.1) is 10.1 Å². The highest BCUT2D eigenvalue weighted by Crippen LogP contribution is 2.29. The molecule has 2 aromatic rings. The fourth-order valence-electron chi connectivity index (χ4n) is 2.98. The molecule has 27 heavy (non-hydrogen) atoms. The number of nitrogens with zero attached hydrogens (tertiary/aromatic N) is 2. The van der Waals surface area contributed by atoms with E-state index in [9.17, 15) is 14.9 Å². The lowest BCUT2D eigenvalue weighted by atomic mass is 10.0. The first-order valence-corrected chi connectivity index (χ1v) is 8.56. The van der Waals surface area contributed by atoms with Gasteiger partial charge in [-0.1, -0.05) is 41.9 Å². The van der Waals surface area contributed by atoms with Gasteiger partial charge in [0.1, 0.15) is 0 Å². The number of para-hydroxylation sites is 2. The molecule has 1 aliphatic heterocycles. The molecule has 0 aliphatic carbocycles. The van der Waals surface area contributed by atoms with Crippen LogP contribution in [0.5, 0.6) is 5.75 Å². The van der Waals surface area contributed by atoms with Gasteiger partial charge in [0.25, 0.3) is 5.91 Å². The standard InChI is InChI=1S/C18H18ClN3O4.ClH/c19-14-6-2-1-5-13(14)16-11-20-9-10-21(16)18(23)12-26-17-8-4-3-7-15(17)22(24)25;/h1-8,16,20H,9-12H2;1H. The maximum absolute atomic E-state index is 12.7. The highest BCUT2D eigenvalue weighted by atomic mass is 35.5. The molecule has 1 heterocycles. The van der Waals surface area contributed by atoms with E-state index in [-0.39, 0.29) is 42.4 Å². The van der Waals surface area contributed by atoms with Gasteiger partial charge in [-0.25, -0.2) is 0 Å². The average Bonchev–Trinajstić information content (AvgIpc) is 2.66. The van der Waals surface area contributed by atoms with Crippen LogP contribution in [0.1, 0.15) is 11.6 Å². The number of nitro groups is 1. The SMILES string of the molecule is Cl.O=C(COc1ccccc1[N+](=O)[O-])N1CCNCC1c1ccccc1Cl. The smallest absolute Gasteiger partial charge is 0.310 e. The van der Waals surface area contributed by atoms with Gasteiger partial charge in [-0.2, -0.15) is 0 Å². The summed E-state index contributed by atoms with van der Waals surface area (Å²) < 4.78 is 5.44. The fraction of sp³-hybridized carbons (Fsp3) is 0.278. The number of nitrogens with one attached hydrogen (secondary N) is 1. The van der Waals surface area contributed by atoms with Crippen molar-refractivity contribution in [1.82, 2.24) is 10.2 Å². The van der Waals surface area contributed by atoms with Gasteiger partial charge in [-0.3, -0.25) is 14.9 Å². The van der Waals surface area contributed by atoms with Crippen molar-refractivity contribution < 1.29 is 14.5 Å². The van der Waals surface area contributed by atoms with Crippen LogP contribution >= 0.6 is 24.0 Å². The number of ether oxygens (including phenoxy) is 1. The van der Waals surface area contributed by atoms with Crippen molar-refractivity contribution in [1.29, 1.82) is 0 Å². The molecule has 7 nitrogen and oxygen atoms in total. The summed E-state index contributed by atoms with van der Waals surface area (Å²) in [6, 6.07) is 13.2. The number of piperazine rings is 1. The zero-order valence-corrected chi connectivity index (χ0v) is 15.9. The lowest BCUT2D eigenvalue weighted by Gasteiger charge is -2.36. The molecule has 1 unspecified atom stereocenters. The van der Waals surface area contributed by atoms with Crippen LogP contribution in [-0.2, 0) is 4.79 Å². The Bertz CT molecular complexity index is 819. The minimum Gasteiger partial charge on any atom is -0.477 e. The Hall–Kier alpha value is -2.35. The maximum atomic E-state index is 12.7. The molecule has 2 aromatic carbocycles. The first-order chi connectivity index (χ1) is 12.6. The number of hydrogen-bond donors (Lipinski definition) is 1. The van der Waals surface area contributed by atoms with E-state index in [1.807, 2.05) is 18.2 Å². The van der Waals surface area contributed by atoms with Crippen molar-refractivity contribution >= 4 is 35.6 Å². The normalized spacial score (nSPS) is 16.3. The summed E-state index contributed by atoms with van der Waals surface area (Å²) in [7, 11) is 0. The Kier molecular flexibility index (Phi) is 7.41. The van der Waals surface area contributed by atoms with Crippen molar-refractivity contribution in [2.75, 3.05) is 26.2 Å². The van der Waals surface area contributed by atoms with Crippen molar-refractivity contribution in [2.24, 2.45) is 0 Å². The summed E-state index contributed by atoms with van der Waals surface area (Å²) in [5.74, 6) is -0.162. The average molecular weight is 412 g/mol. The second-order valence-corrected chi connectivity index (χ2v) is 6.25.